The van der Waals surface area contributed by atoms with Gasteiger partial charge in [0.2, 0.25) is 5.91 Å². The molecule has 4 saturated carbocycles. The van der Waals surface area contributed by atoms with E-state index in [0.717, 1.165) is 32.1 Å². The number of nitrogens with zero attached hydrogens (tertiary/aromatic N) is 1. The van der Waals surface area contributed by atoms with E-state index in [4.69, 9.17) is 4.55 Å². The highest BCUT2D eigenvalue weighted by Gasteiger charge is 2.62. The Morgan fingerprint density at radius 1 is 1.09 bits per heavy atom. The van der Waals surface area contributed by atoms with Gasteiger partial charge in [-0.1, -0.05) is 33.6 Å². The van der Waals surface area contributed by atoms with Crippen molar-refractivity contribution in [2.45, 2.75) is 91.4 Å². The normalized spacial score (nSPS) is 40.7. The first-order chi connectivity index (χ1) is 15.9. The van der Waals surface area contributed by atoms with Crippen molar-refractivity contribution >= 4 is 21.8 Å². The van der Waals surface area contributed by atoms with Crippen LogP contribution in [0.5, 0.6) is 0 Å². The second-order valence-electron chi connectivity index (χ2n) is 12.4. The van der Waals surface area contributed by atoms with E-state index in [9.17, 15) is 23.2 Å². The lowest BCUT2D eigenvalue weighted by Crippen LogP contribution is -2.56. The summed E-state index contributed by atoms with van der Waals surface area (Å²) in [6.45, 7) is 6.61. The first-order valence-corrected chi connectivity index (χ1v) is 14.9. The lowest BCUT2D eigenvalue weighted by molar-refractivity contribution is -0.164. The highest BCUT2D eigenvalue weighted by molar-refractivity contribution is 7.85. The number of Topliss-reactive ketones (excluding diaryl/α,β-unsaturated/α-hetero) is 1. The number of amides is 1. The number of carbonyl (C=O) groups excluding carboxylic acids is 2. The number of carbonyl (C=O) groups is 2. The summed E-state index contributed by atoms with van der Waals surface area (Å²) in [7, 11) is -4.23. The number of hydroxylamine groups is 2. The number of fused-ring (bicyclic) bond motifs is 5. The standard InChI is InChI=1S/C26H43NO6S/c1-17(7-10-23(29)27(30)14-15-34(31,32)33)19-8-9-20-24-21(11-13-26(19,20)3)25(2)12-5-4-6-18(25)16-22(24)28/h17-21,24,30H,4-16H2,1-3H3,(H,31,32,33)/t17?,18-,19+,20-,21-,24-,25-,26+/m0/s1. The van der Waals surface area contributed by atoms with Crippen LogP contribution < -0.4 is 0 Å². The number of hydrogen-bond donors (Lipinski definition) is 2. The summed E-state index contributed by atoms with van der Waals surface area (Å²) in [5.74, 6) is 1.78. The number of rotatable bonds is 7. The van der Waals surface area contributed by atoms with Crippen molar-refractivity contribution in [3.63, 3.8) is 0 Å². The molecule has 0 aromatic carbocycles. The third-order valence-corrected chi connectivity index (χ3v) is 11.5. The highest BCUT2D eigenvalue weighted by atomic mass is 32.2. The van der Waals surface area contributed by atoms with Crippen molar-refractivity contribution in [3.8, 4) is 0 Å². The van der Waals surface area contributed by atoms with Gasteiger partial charge in [-0.25, -0.2) is 5.06 Å². The maximum absolute atomic E-state index is 13.5. The van der Waals surface area contributed by atoms with Gasteiger partial charge in [0.25, 0.3) is 10.1 Å². The predicted octanol–water partition coefficient (Wildman–Crippen LogP) is 4.74. The quantitative estimate of drug-likeness (QED) is 0.299. The molecule has 4 aliphatic rings. The van der Waals surface area contributed by atoms with Gasteiger partial charge in [-0.3, -0.25) is 19.3 Å². The van der Waals surface area contributed by atoms with Crippen molar-refractivity contribution < 1.29 is 27.8 Å². The van der Waals surface area contributed by atoms with Gasteiger partial charge < -0.3 is 0 Å². The van der Waals surface area contributed by atoms with Crippen LogP contribution >= 0.6 is 0 Å². The molecular weight excluding hydrogens is 454 g/mol. The Morgan fingerprint density at radius 3 is 2.50 bits per heavy atom. The molecule has 194 valence electrons. The van der Waals surface area contributed by atoms with E-state index in [1.807, 2.05) is 0 Å². The van der Waals surface area contributed by atoms with E-state index in [0.29, 0.717) is 46.4 Å². The molecule has 7 nitrogen and oxygen atoms in total. The molecule has 0 saturated heterocycles. The molecule has 0 spiro atoms. The third-order valence-electron chi connectivity index (χ3n) is 10.8. The topological polar surface area (TPSA) is 112 Å². The maximum atomic E-state index is 13.5. The molecule has 4 aliphatic carbocycles. The Kier molecular flexibility index (Phi) is 7.27. The van der Waals surface area contributed by atoms with Crippen molar-refractivity contribution in [2.24, 2.45) is 46.3 Å². The van der Waals surface area contributed by atoms with E-state index in [1.54, 1.807) is 0 Å². The molecular formula is C26H43NO6S. The van der Waals surface area contributed by atoms with Crippen molar-refractivity contribution in [2.75, 3.05) is 12.3 Å². The molecule has 1 unspecified atom stereocenters. The highest BCUT2D eigenvalue weighted by Crippen LogP contribution is 2.67. The van der Waals surface area contributed by atoms with Crippen molar-refractivity contribution in [3.05, 3.63) is 0 Å². The lowest BCUT2D eigenvalue weighted by atomic mass is 9.44. The molecule has 4 rings (SSSR count). The lowest BCUT2D eigenvalue weighted by Gasteiger charge is -2.60. The first kappa shape index (κ1) is 26.1. The molecule has 0 aromatic heterocycles. The molecule has 0 bridgehead atoms. The number of hydrogen-bond acceptors (Lipinski definition) is 5. The minimum Gasteiger partial charge on any atom is -0.299 e. The zero-order valence-corrected chi connectivity index (χ0v) is 21.9. The summed E-state index contributed by atoms with van der Waals surface area (Å²) < 4.78 is 30.6. The molecule has 0 radical (unpaired) electrons. The van der Waals surface area contributed by atoms with Crippen LogP contribution in [0.1, 0.15) is 91.4 Å². The van der Waals surface area contributed by atoms with Crippen LogP contribution in [0.3, 0.4) is 0 Å². The molecule has 2 N–H and O–H groups in total. The molecule has 0 aromatic rings. The van der Waals surface area contributed by atoms with E-state index in [-0.39, 0.29) is 23.7 Å². The minimum atomic E-state index is -4.23. The van der Waals surface area contributed by atoms with Gasteiger partial charge in [-0.15, -0.1) is 0 Å². The summed E-state index contributed by atoms with van der Waals surface area (Å²) in [5.41, 5.74) is 0.432. The fourth-order valence-electron chi connectivity index (χ4n) is 8.94. The van der Waals surface area contributed by atoms with Crippen molar-refractivity contribution in [1.29, 1.82) is 0 Å². The first-order valence-electron chi connectivity index (χ1n) is 13.3. The Bertz CT molecular complexity index is 905. The predicted molar refractivity (Wildman–Crippen MR) is 129 cm³/mol. The van der Waals surface area contributed by atoms with Crippen LogP contribution in [0.4, 0.5) is 0 Å². The number of ketones is 1. The van der Waals surface area contributed by atoms with E-state index < -0.39 is 28.3 Å². The zero-order valence-electron chi connectivity index (χ0n) is 21.0. The zero-order chi connectivity index (χ0) is 24.9. The summed E-state index contributed by atoms with van der Waals surface area (Å²) >= 11 is 0. The van der Waals surface area contributed by atoms with E-state index in [1.165, 1.54) is 25.7 Å². The second kappa shape index (κ2) is 9.47. The van der Waals surface area contributed by atoms with Crippen LogP contribution in [0.25, 0.3) is 0 Å². The molecule has 34 heavy (non-hydrogen) atoms. The van der Waals surface area contributed by atoms with Gasteiger partial charge >= 0.3 is 0 Å². The summed E-state index contributed by atoms with van der Waals surface area (Å²) in [4.78, 5) is 25.8. The van der Waals surface area contributed by atoms with Gasteiger partial charge in [0, 0.05) is 18.8 Å². The average Bonchev–Trinajstić information content (AvgIpc) is 3.12. The van der Waals surface area contributed by atoms with Crippen LogP contribution in [0, 0.1) is 46.3 Å². The fourth-order valence-corrected chi connectivity index (χ4v) is 9.35. The fraction of sp³-hybridized carbons (Fsp3) is 0.923. The Balaban J connectivity index is 1.40. The Hall–Kier alpha value is -0.990. The van der Waals surface area contributed by atoms with Crippen LogP contribution in [0.15, 0.2) is 0 Å². The van der Waals surface area contributed by atoms with Gasteiger partial charge in [-0.2, -0.15) is 8.42 Å². The summed E-state index contributed by atoms with van der Waals surface area (Å²) in [6.07, 6.45) is 11.1. The van der Waals surface area contributed by atoms with E-state index in [2.05, 4.69) is 20.8 Å². The Labute approximate surface area is 204 Å². The molecule has 0 heterocycles. The maximum Gasteiger partial charge on any atom is 0.266 e. The molecule has 4 fully saturated rings. The molecule has 8 atom stereocenters. The monoisotopic (exact) mass is 497 g/mol. The summed E-state index contributed by atoms with van der Waals surface area (Å²) in [6, 6.07) is 0. The van der Waals surface area contributed by atoms with Crippen LogP contribution in [-0.2, 0) is 19.7 Å². The van der Waals surface area contributed by atoms with Crippen LogP contribution in [-0.4, -0.2) is 47.2 Å². The second-order valence-corrected chi connectivity index (χ2v) is 14.0. The van der Waals surface area contributed by atoms with Gasteiger partial charge in [0.1, 0.15) is 5.78 Å². The molecule has 1 amide bonds. The van der Waals surface area contributed by atoms with E-state index >= 15 is 0 Å². The van der Waals surface area contributed by atoms with Gasteiger partial charge in [0.05, 0.1) is 12.3 Å². The average molecular weight is 498 g/mol. The third kappa shape index (κ3) is 4.71. The minimum absolute atomic E-state index is 0.112. The largest absolute Gasteiger partial charge is 0.299 e. The SMILES string of the molecule is CC(CCC(=O)N(O)CCS(=O)(=O)O)[C@H]1CC[C@H]2[C@@H]3C(=O)C[C@@H]4CCCC[C@]4(C)[C@H]3CC[C@]12C. The van der Waals surface area contributed by atoms with Gasteiger partial charge in [-0.05, 0) is 85.4 Å². The van der Waals surface area contributed by atoms with Gasteiger partial charge in [0.15, 0.2) is 0 Å². The van der Waals surface area contributed by atoms with Crippen molar-refractivity contribution in [1.82, 2.24) is 5.06 Å². The molecule has 0 aliphatic heterocycles. The molecule has 8 heteroatoms. The Morgan fingerprint density at radius 2 is 1.79 bits per heavy atom. The van der Waals surface area contributed by atoms with Crippen LogP contribution in [0.2, 0.25) is 0 Å². The summed E-state index contributed by atoms with van der Waals surface area (Å²) in [5, 5.41) is 10.3. The smallest absolute Gasteiger partial charge is 0.266 e.